The van der Waals surface area contributed by atoms with Gasteiger partial charge in [0.2, 0.25) is 0 Å². The maximum Gasteiger partial charge on any atom is 0.292 e. The number of aromatic nitrogens is 2. The van der Waals surface area contributed by atoms with E-state index in [1.807, 2.05) is 38.6 Å². The summed E-state index contributed by atoms with van der Waals surface area (Å²) >= 11 is 0. The van der Waals surface area contributed by atoms with Crippen LogP contribution >= 0.6 is 0 Å². The van der Waals surface area contributed by atoms with E-state index in [9.17, 15) is 5.11 Å². The first-order chi connectivity index (χ1) is 11.6. The van der Waals surface area contributed by atoms with Crippen LogP contribution in [0.2, 0.25) is 0 Å². The number of hydrogen-bond donors (Lipinski definition) is 0. The molecular formula is C20H29N3O. The molecular weight excluding hydrogens is 298 g/mol. The minimum Gasteiger partial charge on any atom is -0.853 e. The zero-order chi connectivity index (χ0) is 17.4. The molecule has 0 aliphatic heterocycles. The van der Waals surface area contributed by atoms with Crippen molar-refractivity contribution in [2.45, 2.75) is 51.9 Å². The molecule has 2 aromatic rings. The average Bonchev–Trinajstić information content (AvgIpc) is 2.91. The predicted octanol–water partition coefficient (Wildman–Crippen LogP) is 3.19. The molecule has 0 aliphatic carbocycles. The summed E-state index contributed by atoms with van der Waals surface area (Å²) in [6.45, 7) is 2.25. The summed E-state index contributed by atoms with van der Waals surface area (Å²) < 4.78 is 3.58. The van der Waals surface area contributed by atoms with Gasteiger partial charge in [-0.1, -0.05) is 51.2 Å². The molecule has 1 aromatic carbocycles. The zero-order valence-electron chi connectivity index (χ0n) is 15.2. The van der Waals surface area contributed by atoms with Crippen LogP contribution in [0.25, 0.3) is 0 Å². The van der Waals surface area contributed by atoms with Crippen molar-refractivity contribution in [1.82, 2.24) is 4.57 Å². The lowest BCUT2D eigenvalue weighted by atomic mass is 10.0. The number of nitrogens with zero attached hydrogens (tertiary/aromatic N) is 3. The molecule has 0 saturated carbocycles. The highest BCUT2D eigenvalue weighted by Crippen LogP contribution is 2.16. The number of benzene rings is 1. The average molecular weight is 327 g/mol. The second-order valence-corrected chi connectivity index (χ2v) is 6.44. The van der Waals surface area contributed by atoms with Gasteiger partial charge in [-0.15, -0.1) is 0 Å². The molecule has 2 rings (SSSR count). The van der Waals surface area contributed by atoms with Gasteiger partial charge in [0.15, 0.2) is 0 Å². The quantitative estimate of drug-likeness (QED) is 0.302. The molecule has 0 aliphatic rings. The van der Waals surface area contributed by atoms with E-state index < -0.39 is 0 Å². The molecule has 0 amide bonds. The SMILES string of the molecule is CCCCCCCCc1ccc(N=C([O-])c2n(C)cc[n+]2C)cc1. The van der Waals surface area contributed by atoms with E-state index in [1.165, 1.54) is 44.1 Å². The van der Waals surface area contributed by atoms with Crippen LogP contribution in [-0.4, -0.2) is 10.5 Å². The van der Waals surface area contributed by atoms with Gasteiger partial charge in [-0.05, 0) is 30.5 Å². The monoisotopic (exact) mass is 327 g/mol. The summed E-state index contributed by atoms with van der Waals surface area (Å²) in [5.41, 5.74) is 2.04. The van der Waals surface area contributed by atoms with Gasteiger partial charge in [0, 0.05) is 0 Å². The fraction of sp³-hybridized carbons (Fsp3) is 0.500. The van der Waals surface area contributed by atoms with Gasteiger partial charge >= 0.3 is 0 Å². The Morgan fingerprint density at radius 3 is 2.38 bits per heavy atom. The smallest absolute Gasteiger partial charge is 0.292 e. The van der Waals surface area contributed by atoms with Gasteiger partial charge in [0.05, 0.1) is 25.7 Å². The van der Waals surface area contributed by atoms with Crippen LogP contribution in [0.15, 0.2) is 41.7 Å². The Bertz CT molecular complexity index is 637. The number of imidazole rings is 1. The van der Waals surface area contributed by atoms with Crippen molar-refractivity contribution >= 4 is 11.6 Å². The van der Waals surface area contributed by atoms with Crippen LogP contribution in [0.4, 0.5) is 5.69 Å². The van der Waals surface area contributed by atoms with Gasteiger partial charge in [0.25, 0.3) is 5.82 Å². The van der Waals surface area contributed by atoms with Crippen molar-refractivity contribution in [3.05, 3.63) is 48.0 Å². The highest BCUT2D eigenvalue weighted by molar-refractivity contribution is 5.87. The van der Waals surface area contributed by atoms with Crippen LogP contribution in [0, 0.1) is 0 Å². The fourth-order valence-electron chi connectivity index (χ4n) is 2.91. The molecule has 0 atom stereocenters. The molecule has 0 radical (unpaired) electrons. The first-order valence-electron chi connectivity index (χ1n) is 8.97. The lowest BCUT2D eigenvalue weighted by Gasteiger charge is -2.08. The zero-order valence-corrected chi connectivity index (χ0v) is 15.2. The number of aliphatic imine (C=N–C) groups is 1. The fourth-order valence-corrected chi connectivity index (χ4v) is 2.91. The Balaban J connectivity index is 1.89. The maximum absolute atomic E-state index is 12.3. The maximum atomic E-state index is 12.3. The Morgan fingerprint density at radius 1 is 1.08 bits per heavy atom. The second kappa shape index (κ2) is 9.26. The van der Waals surface area contributed by atoms with Crippen molar-refractivity contribution in [3.63, 3.8) is 0 Å². The van der Waals surface area contributed by atoms with Gasteiger partial charge in [-0.3, -0.25) is 4.99 Å². The third kappa shape index (κ3) is 5.22. The minimum atomic E-state index is -0.214. The van der Waals surface area contributed by atoms with E-state index in [0.717, 1.165) is 6.42 Å². The topological polar surface area (TPSA) is 44.2 Å². The molecule has 0 unspecified atom stereocenters. The number of aryl methyl sites for hydroxylation is 3. The molecule has 0 bridgehead atoms. The van der Waals surface area contributed by atoms with Crippen molar-refractivity contribution < 1.29 is 9.67 Å². The van der Waals surface area contributed by atoms with Crippen LogP contribution in [0.3, 0.4) is 0 Å². The van der Waals surface area contributed by atoms with Gasteiger partial charge in [0.1, 0.15) is 12.4 Å². The van der Waals surface area contributed by atoms with E-state index in [0.29, 0.717) is 11.5 Å². The van der Waals surface area contributed by atoms with Crippen molar-refractivity contribution in [1.29, 1.82) is 0 Å². The molecule has 24 heavy (non-hydrogen) atoms. The van der Waals surface area contributed by atoms with E-state index in [-0.39, 0.29) is 5.90 Å². The van der Waals surface area contributed by atoms with Crippen molar-refractivity contribution in [2.75, 3.05) is 0 Å². The highest BCUT2D eigenvalue weighted by Gasteiger charge is 2.11. The number of hydrogen-bond acceptors (Lipinski definition) is 2. The third-order valence-electron chi connectivity index (χ3n) is 4.36. The summed E-state index contributed by atoms with van der Waals surface area (Å²) in [7, 11) is 3.71. The molecule has 1 aromatic heterocycles. The third-order valence-corrected chi connectivity index (χ3v) is 4.36. The molecule has 0 spiro atoms. The summed E-state index contributed by atoms with van der Waals surface area (Å²) in [6, 6.07) is 8.05. The molecule has 0 saturated heterocycles. The summed E-state index contributed by atoms with van der Waals surface area (Å²) in [5.74, 6) is 0.361. The largest absolute Gasteiger partial charge is 0.853 e. The second-order valence-electron chi connectivity index (χ2n) is 6.44. The van der Waals surface area contributed by atoms with Crippen LogP contribution in [0.5, 0.6) is 0 Å². The van der Waals surface area contributed by atoms with E-state index in [1.54, 1.807) is 9.13 Å². The van der Waals surface area contributed by atoms with E-state index >= 15 is 0 Å². The van der Waals surface area contributed by atoms with Crippen LogP contribution in [0.1, 0.15) is 56.8 Å². The Morgan fingerprint density at radius 2 is 1.75 bits per heavy atom. The summed E-state index contributed by atoms with van der Waals surface area (Å²) in [4.78, 5) is 4.21. The van der Waals surface area contributed by atoms with Crippen LogP contribution in [-0.2, 0) is 20.5 Å². The van der Waals surface area contributed by atoms with Gasteiger partial charge in [-0.25, -0.2) is 9.13 Å². The van der Waals surface area contributed by atoms with Gasteiger partial charge < -0.3 is 5.11 Å². The lowest BCUT2D eigenvalue weighted by molar-refractivity contribution is -0.674. The first-order valence-corrected chi connectivity index (χ1v) is 8.97. The number of unbranched alkanes of at least 4 members (excludes halogenated alkanes) is 5. The normalized spacial score (nSPS) is 11.9. The molecule has 0 fully saturated rings. The molecule has 4 heteroatoms. The summed E-state index contributed by atoms with van der Waals surface area (Å²) in [6.07, 6.45) is 12.7. The van der Waals surface area contributed by atoms with Crippen molar-refractivity contribution in [3.8, 4) is 0 Å². The predicted molar refractivity (Wildman–Crippen MR) is 96.3 cm³/mol. The number of rotatable bonds is 9. The molecule has 4 nitrogen and oxygen atoms in total. The Hall–Kier alpha value is -2.10. The minimum absolute atomic E-state index is 0.214. The molecule has 1 heterocycles. The van der Waals surface area contributed by atoms with Gasteiger partial charge in [-0.2, -0.15) is 0 Å². The standard InChI is InChI=1S/C20H29N3O/c1-4-5-6-7-8-9-10-17-11-13-18(14-12-17)21-19(24)20-22(2)15-16-23(20)3/h11-16H,4-10H2,1-3H3. The van der Waals surface area contributed by atoms with E-state index in [2.05, 4.69) is 24.0 Å². The first kappa shape index (κ1) is 18.2. The van der Waals surface area contributed by atoms with Crippen molar-refractivity contribution in [2.24, 2.45) is 19.1 Å². The lowest BCUT2D eigenvalue weighted by Crippen LogP contribution is -2.39. The van der Waals surface area contributed by atoms with Crippen LogP contribution < -0.4 is 9.67 Å². The molecule has 0 N–H and O–H groups in total. The Labute approximate surface area is 145 Å². The summed E-state index contributed by atoms with van der Waals surface area (Å²) in [5, 5.41) is 12.3. The van der Waals surface area contributed by atoms with E-state index in [4.69, 9.17) is 0 Å². The Kier molecular flexibility index (Phi) is 7.04. The highest BCUT2D eigenvalue weighted by atomic mass is 16.3. The molecule has 130 valence electrons.